The van der Waals surface area contributed by atoms with Gasteiger partial charge >= 0.3 is 127 Å². The average Bonchev–Trinajstić information content (AvgIpc) is 2.83. The van der Waals surface area contributed by atoms with Crippen LogP contribution >= 0.6 is 47.9 Å². The Kier molecular flexibility index (Phi) is 3.92. The van der Waals surface area contributed by atoms with Gasteiger partial charge in [0.2, 0.25) is 0 Å². The van der Waals surface area contributed by atoms with Crippen LogP contribution in [0.5, 0.6) is 0 Å². The first-order valence-corrected chi connectivity index (χ1v) is 9.76. The molecular formula is C8H5O2S4Se2-. The zero-order chi connectivity index (χ0) is 11.1. The summed E-state index contributed by atoms with van der Waals surface area (Å²) in [6.07, 6.45) is 0. The van der Waals surface area contributed by atoms with Gasteiger partial charge in [-0.3, -0.25) is 0 Å². The molecule has 3 aliphatic heterocycles. The van der Waals surface area contributed by atoms with Gasteiger partial charge in [0, 0.05) is 0 Å². The van der Waals surface area contributed by atoms with Gasteiger partial charge in [-0.25, -0.2) is 0 Å². The van der Waals surface area contributed by atoms with Crippen molar-refractivity contribution < 1.29 is 9.47 Å². The van der Waals surface area contributed by atoms with Gasteiger partial charge in [-0.1, -0.05) is 0 Å². The molecule has 0 aromatic heterocycles. The Hall–Kier alpha value is 1.26. The molecule has 3 aliphatic rings. The molecule has 0 N–H and O–H groups in total. The third-order valence-corrected chi connectivity index (χ3v) is 11.5. The van der Waals surface area contributed by atoms with E-state index >= 15 is 0 Å². The Labute approximate surface area is 126 Å². The van der Waals surface area contributed by atoms with Gasteiger partial charge in [0.05, 0.1) is 0 Å². The minimum absolute atomic E-state index is 0.346. The average molecular weight is 419 g/mol. The third kappa shape index (κ3) is 2.36. The van der Waals surface area contributed by atoms with Crippen LogP contribution in [-0.2, 0) is 9.47 Å². The summed E-state index contributed by atoms with van der Waals surface area (Å²) < 4.78 is 16.2. The van der Waals surface area contributed by atoms with Crippen LogP contribution in [0.25, 0.3) is 0 Å². The molecule has 16 heavy (non-hydrogen) atoms. The van der Waals surface area contributed by atoms with Crippen LogP contribution in [0.1, 0.15) is 0 Å². The van der Waals surface area contributed by atoms with Gasteiger partial charge in [0.1, 0.15) is 0 Å². The maximum atomic E-state index is 5.57. The maximum absolute atomic E-state index is 5.57. The molecule has 0 unspecified atom stereocenters. The summed E-state index contributed by atoms with van der Waals surface area (Å²) in [6, 6.07) is 0. The molecule has 8 heteroatoms. The molecule has 3 heterocycles. The third-order valence-electron chi connectivity index (χ3n) is 1.80. The molecule has 0 aliphatic carbocycles. The Balaban J connectivity index is 1.79. The van der Waals surface area contributed by atoms with E-state index in [4.69, 9.17) is 9.47 Å². The van der Waals surface area contributed by atoms with Crippen LogP contribution in [0.2, 0.25) is 0 Å². The topological polar surface area (TPSA) is 18.5 Å². The molecule has 86 valence electrons. The van der Waals surface area contributed by atoms with E-state index < -0.39 is 0 Å². The van der Waals surface area contributed by atoms with E-state index in [1.165, 1.54) is 15.6 Å². The first kappa shape index (κ1) is 12.3. The summed E-state index contributed by atoms with van der Waals surface area (Å²) in [5, 5.41) is 1.87. The molecule has 0 saturated carbocycles. The summed E-state index contributed by atoms with van der Waals surface area (Å²) in [4.78, 5) is 0. The molecule has 0 amide bonds. The summed E-state index contributed by atoms with van der Waals surface area (Å²) in [5.41, 5.74) is 0. The van der Waals surface area contributed by atoms with E-state index in [2.05, 4.69) is 28.6 Å². The molecule has 0 spiro atoms. The Bertz CT molecular complexity index is 407. The Morgan fingerprint density at radius 1 is 1.12 bits per heavy atom. The fourth-order valence-corrected chi connectivity index (χ4v) is 10.1. The van der Waals surface area contributed by atoms with Crippen molar-refractivity contribution in [2.45, 2.75) is 0 Å². The second-order valence-electron chi connectivity index (χ2n) is 2.85. The second kappa shape index (κ2) is 5.09. The molecule has 0 fully saturated rings. The van der Waals surface area contributed by atoms with Gasteiger partial charge in [0.25, 0.3) is 0 Å². The SMILES string of the molecule is SC1=C([Se-])SC(=C2SC3=C(OCCO3)S2)[Se]1. The minimum atomic E-state index is 0.346. The van der Waals surface area contributed by atoms with Gasteiger partial charge in [-0.05, 0) is 0 Å². The summed E-state index contributed by atoms with van der Waals surface area (Å²) >= 11 is 13.0. The second-order valence-corrected chi connectivity index (χ2v) is 11.4. The number of rotatable bonds is 0. The van der Waals surface area contributed by atoms with Gasteiger partial charge < -0.3 is 0 Å². The Morgan fingerprint density at radius 2 is 1.75 bits per heavy atom. The zero-order valence-electron chi connectivity index (χ0n) is 7.72. The van der Waals surface area contributed by atoms with Crippen LogP contribution in [0.15, 0.2) is 25.8 Å². The van der Waals surface area contributed by atoms with Crippen molar-refractivity contribution in [1.29, 1.82) is 0 Å². The first-order chi connectivity index (χ1) is 7.74. The van der Waals surface area contributed by atoms with Crippen LogP contribution < -0.4 is 0 Å². The van der Waals surface area contributed by atoms with Gasteiger partial charge in [-0.15, -0.1) is 0 Å². The fourth-order valence-electron chi connectivity index (χ4n) is 1.16. The van der Waals surface area contributed by atoms with Crippen LogP contribution in [0.4, 0.5) is 0 Å². The number of ether oxygens (including phenoxy) is 2. The van der Waals surface area contributed by atoms with Crippen molar-refractivity contribution in [1.82, 2.24) is 0 Å². The predicted molar refractivity (Wildman–Crippen MR) is 76.2 cm³/mol. The number of thioether (sulfide) groups is 3. The van der Waals surface area contributed by atoms with Crippen molar-refractivity contribution in [3.05, 3.63) is 25.8 Å². The molecule has 2 nitrogen and oxygen atoms in total. The number of thiol groups is 1. The Morgan fingerprint density at radius 3 is 2.25 bits per heavy atom. The molecule has 3 rings (SSSR count). The van der Waals surface area contributed by atoms with E-state index in [0.717, 1.165) is 10.2 Å². The van der Waals surface area contributed by atoms with Gasteiger partial charge in [0.15, 0.2) is 0 Å². The van der Waals surface area contributed by atoms with E-state index in [-0.39, 0.29) is 0 Å². The number of hydrogen-bond donors (Lipinski definition) is 1. The van der Waals surface area contributed by atoms with Crippen molar-refractivity contribution in [2.24, 2.45) is 0 Å². The molecule has 0 atom stereocenters. The van der Waals surface area contributed by atoms with E-state index in [1.807, 2.05) is 0 Å². The summed E-state index contributed by atoms with van der Waals surface area (Å²) in [6.45, 7) is 1.33. The molecule has 0 radical (unpaired) electrons. The van der Waals surface area contributed by atoms with Crippen molar-refractivity contribution in [3.8, 4) is 0 Å². The molecule has 0 aromatic carbocycles. The number of hydrogen-bond acceptors (Lipinski definition) is 6. The van der Waals surface area contributed by atoms with Crippen molar-refractivity contribution in [2.75, 3.05) is 13.2 Å². The molecular weight excluding hydrogens is 414 g/mol. The molecule has 0 aromatic rings. The first-order valence-electron chi connectivity index (χ1n) is 4.30. The monoisotopic (exact) mass is 421 g/mol. The summed E-state index contributed by atoms with van der Waals surface area (Å²) in [5.74, 6) is 0. The van der Waals surface area contributed by atoms with Crippen LogP contribution in [0, 0.1) is 0 Å². The quantitative estimate of drug-likeness (QED) is 0.479. The molecule has 0 saturated heterocycles. The normalized spacial score (nSPS) is 24.8. The van der Waals surface area contributed by atoms with E-state index in [0.29, 0.717) is 28.2 Å². The zero-order valence-corrected chi connectivity index (χ0v) is 14.5. The van der Waals surface area contributed by atoms with Crippen LogP contribution in [-0.4, -0.2) is 44.2 Å². The van der Waals surface area contributed by atoms with Gasteiger partial charge in [-0.2, -0.15) is 0 Å². The van der Waals surface area contributed by atoms with Crippen LogP contribution in [0.3, 0.4) is 0 Å². The predicted octanol–water partition coefficient (Wildman–Crippen LogP) is 2.44. The standard InChI is InChI=1S/C8H6O2S4Se2/c11-5-7(15)14-8(16-5)6-12-3-4(13-6)10-2-1-9-3/h11,15H,1-2H2/p-1. The van der Waals surface area contributed by atoms with E-state index in [1.54, 1.807) is 35.3 Å². The summed E-state index contributed by atoms with van der Waals surface area (Å²) in [7, 11) is 0. The van der Waals surface area contributed by atoms with E-state index in [9.17, 15) is 0 Å². The fraction of sp³-hybridized carbons (Fsp3) is 0.250. The molecule has 0 bridgehead atoms. The van der Waals surface area contributed by atoms with Crippen molar-refractivity contribution >= 4 is 78.9 Å². The van der Waals surface area contributed by atoms with Crippen molar-refractivity contribution in [3.63, 3.8) is 0 Å².